The van der Waals surface area contributed by atoms with E-state index < -0.39 is 0 Å². The summed E-state index contributed by atoms with van der Waals surface area (Å²) in [6.45, 7) is 6.03. The zero-order chi connectivity index (χ0) is 11.3. The van der Waals surface area contributed by atoms with Gasteiger partial charge in [-0.2, -0.15) is 0 Å². The molecule has 1 N–H and O–H groups in total. The van der Waals surface area contributed by atoms with Gasteiger partial charge < -0.3 is 15.1 Å². The molecule has 90 valence electrons. The number of piperidine rings is 1. The number of hydrogen-bond acceptors (Lipinski definition) is 3. The van der Waals surface area contributed by atoms with Crippen LogP contribution in [-0.2, 0) is 0 Å². The van der Waals surface area contributed by atoms with Gasteiger partial charge in [0.15, 0.2) is 0 Å². The van der Waals surface area contributed by atoms with E-state index in [9.17, 15) is 0 Å². The topological polar surface area (TPSA) is 18.5 Å². The van der Waals surface area contributed by atoms with Crippen LogP contribution < -0.4 is 5.32 Å². The van der Waals surface area contributed by atoms with Gasteiger partial charge in [0.1, 0.15) is 0 Å². The summed E-state index contributed by atoms with van der Waals surface area (Å²) >= 11 is 0. The molecule has 1 atom stereocenters. The molecular weight excluding hydrogens is 186 g/mol. The molecule has 1 rings (SSSR count). The van der Waals surface area contributed by atoms with Gasteiger partial charge in [-0.05, 0) is 67.0 Å². The molecule has 1 heterocycles. The highest BCUT2D eigenvalue weighted by Gasteiger charge is 2.23. The van der Waals surface area contributed by atoms with Crippen LogP contribution in [0.3, 0.4) is 0 Å². The van der Waals surface area contributed by atoms with Crippen molar-refractivity contribution in [3.05, 3.63) is 0 Å². The molecule has 1 saturated heterocycles. The Morgan fingerprint density at radius 2 is 1.93 bits per heavy atom. The molecule has 1 unspecified atom stereocenters. The summed E-state index contributed by atoms with van der Waals surface area (Å²) in [4.78, 5) is 5.01. The van der Waals surface area contributed by atoms with Crippen LogP contribution in [0.1, 0.15) is 26.2 Å². The number of nitrogens with zero attached hydrogens (tertiary/aromatic N) is 2. The van der Waals surface area contributed by atoms with Crippen LogP contribution >= 0.6 is 0 Å². The highest BCUT2D eigenvalue weighted by molar-refractivity contribution is 4.79. The van der Waals surface area contributed by atoms with E-state index >= 15 is 0 Å². The van der Waals surface area contributed by atoms with Crippen LogP contribution in [0.5, 0.6) is 0 Å². The van der Waals surface area contributed by atoms with Crippen LogP contribution in [0.4, 0.5) is 0 Å². The molecule has 0 aliphatic carbocycles. The Morgan fingerprint density at radius 3 is 2.40 bits per heavy atom. The van der Waals surface area contributed by atoms with Gasteiger partial charge in [-0.25, -0.2) is 0 Å². The first-order valence-electron chi connectivity index (χ1n) is 6.20. The normalized spacial score (nSPS) is 22.2. The third-order valence-electron chi connectivity index (χ3n) is 3.66. The van der Waals surface area contributed by atoms with Crippen molar-refractivity contribution in [3.8, 4) is 0 Å². The van der Waals surface area contributed by atoms with Crippen LogP contribution in [0, 0.1) is 0 Å². The molecule has 1 fully saturated rings. The third-order valence-corrected chi connectivity index (χ3v) is 3.66. The smallest absolute Gasteiger partial charge is 0.0113 e. The summed E-state index contributed by atoms with van der Waals surface area (Å²) in [5.41, 5.74) is 0. The van der Waals surface area contributed by atoms with Crippen molar-refractivity contribution in [2.45, 2.75) is 38.3 Å². The first kappa shape index (κ1) is 12.9. The maximum atomic E-state index is 3.23. The van der Waals surface area contributed by atoms with E-state index in [0.29, 0.717) is 0 Å². The Labute approximate surface area is 94.8 Å². The fraction of sp³-hybridized carbons (Fsp3) is 1.00. The zero-order valence-corrected chi connectivity index (χ0v) is 10.8. The molecule has 1 aliphatic heterocycles. The van der Waals surface area contributed by atoms with Gasteiger partial charge in [0, 0.05) is 12.1 Å². The van der Waals surface area contributed by atoms with Crippen LogP contribution in [0.25, 0.3) is 0 Å². The van der Waals surface area contributed by atoms with Crippen molar-refractivity contribution in [2.24, 2.45) is 0 Å². The predicted molar refractivity (Wildman–Crippen MR) is 66.3 cm³/mol. The summed E-state index contributed by atoms with van der Waals surface area (Å²) in [6, 6.07) is 1.54. The second-order valence-electron chi connectivity index (χ2n) is 4.97. The Kier molecular flexibility index (Phi) is 5.58. The minimum Gasteiger partial charge on any atom is -0.320 e. The molecule has 15 heavy (non-hydrogen) atoms. The van der Waals surface area contributed by atoms with E-state index in [-0.39, 0.29) is 0 Å². The van der Waals surface area contributed by atoms with E-state index in [4.69, 9.17) is 0 Å². The molecule has 0 aromatic carbocycles. The van der Waals surface area contributed by atoms with E-state index in [1.165, 1.54) is 32.4 Å². The molecule has 0 bridgehead atoms. The van der Waals surface area contributed by atoms with E-state index in [0.717, 1.165) is 18.6 Å². The van der Waals surface area contributed by atoms with Crippen LogP contribution in [0.2, 0.25) is 0 Å². The fourth-order valence-electron chi connectivity index (χ4n) is 2.38. The van der Waals surface area contributed by atoms with Crippen molar-refractivity contribution >= 4 is 0 Å². The molecule has 0 spiro atoms. The molecule has 0 aromatic heterocycles. The van der Waals surface area contributed by atoms with Crippen molar-refractivity contribution in [1.29, 1.82) is 0 Å². The van der Waals surface area contributed by atoms with Crippen LogP contribution in [0.15, 0.2) is 0 Å². The van der Waals surface area contributed by atoms with Gasteiger partial charge in [-0.3, -0.25) is 0 Å². The Balaban J connectivity index is 2.24. The third kappa shape index (κ3) is 4.09. The Morgan fingerprint density at radius 1 is 1.33 bits per heavy atom. The SMILES string of the molecule is CNCCC(C)N1CCC(N(C)C)CC1. The second kappa shape index (κ2) is 6.46. The Hall–Kier alpha value is -0.120. The lowest BCUT2D eigenvalue weighted by Gasteiger charge is -2.38. The van der Waals surface area contributed by atoms with Gasteiger partial charge in [-0.1, -0.05) is 0 Å². The maximum Gasteiger partial charge on any atom is 0.0113 e. The average Bonchev–Trinajstić information content (AvgIpc) is 2.26. The maximum absolute atomic E-state index is 3.23. The molecule has 0 amide bonds. The monoisotopic (exact) mass is 213 g/mol. The van der Waals surface area contributed by atoms with Crippen molar-refractivity contribution < 1.29 is 0 Å². The van der Waals surface area contributed by atoms with Gasteiger partial charge in [0.2, 0.25) is 0 Å². The van der Waals surface area contributed by atoms with Crippen LogP contribution in [-0.4, -0.2) is 62.7 Å². The first-order chi connectivity index (χ1) is 7.15. The number of rotatable bonds is 5. The summed E-state index contributed by atoms with van der Waals surface area (Å²) in [5, 5.41) is 3.23. The van der Waals surface area contributed by atoms with Gasteiger partial charge >= 0.3 is 0 Å². The lowest BCUT2D eigenvalue weighted by atomic mass is 10.0. The number of hydrogen-bond donors (Lipinski definition) is 1. The Bertz CT molecular complexity index is 162. The highest BCUT2D eigenvalue weighted by atomic mass is 15.2. The van der Waals surface area contributed by atoms with Gasteiger partial charge in [0.05, 0.1) is 0 Å². The average molecular weight is 213 g/mol. The zero-order valence-electron chi connectivity index (χ0n) is 10.8. The molecule has 3 nitrogen and oxygen atoms in total. The number of likely N-dealkylation sites (tertiary alicyclic amines) is 1. The summed E-state index contributed by atoms with van der Waals surface area (Å²) < 4.78 is 0. The highest BCUT2D eigenvalue weighted by Crippen LogP contribution is 2.17. The second-order valence-corrected chi connectivity index (χ2v) is 4.97. The summed E-state index contributed by atoms with van der Waals surface area (Å²) in [5.74, 6) is 0. The van der Waals surface area contributed by atoms with Crippen molar-refractivity contribution in [2.75, 3.05) is 40.8 Å². The lowest BCUT2D eigenvalue weighted by Crippen LogP contribution is -2.45. The lowest BCUT2D eigenvalue weighted by molar-refractivity contribution is 0.111. The summed E-state index contributed by atoms with van der Waals surface area (Å²) in [6.07, 6.45) is 3.93. The van der Waals surface area contributed by atoms with E-state index in [1.54, 1.807) is 0 Å². The summed E-state index contributed by atoms with van der Waals surface area (Å²) in [7, 11) is 6.43. The van der Waals surface area contributed by atoms with E-state index in [1.807, 2.05) is 7.05 Å². The quantitative estimate of drug-likeness (QED) is 0.735. The van der Waals surface area contributed by atoms with Gasteiger partial charge in [0.25, 0.3) is 0 Å². The minimum atomic E-state index is 0.737. The molecule has 0 radical (unpaired) electrons. The minimum absolute atomic E-state index is 0.737. The number of nitrogens with one attached hydrogen (secondary N) is 1. The first-order valence-corrected chi connectivity index (χ1v) is 6.20. The molecular formula is C12H27N3. The molecule has 3 heteroatoms. The molecule has 0 aromatic rings. The standard InChI is InChI=1S/C12H27N3/c1-11(5-8-13-2)15-9-6-12(7-10-15)14(3)4/h11-13H,5-10H2,1-4H3. The van der Waals surface area contributed by atoms with E-state index in [2.05, 4.69) is 36.1 Å². The van der Waals surface area contributed by atoms with Gasteiger partial charge in [-0.15, -0.1) is 0 Å². The predicted octanol–water partition coefficient (Wildman–Crippen LogP) is 1.01. The largest absolute Gasteiger partial charge is 0.320 e. The molecule has 1 aliphatic rings. The molecule has 0 saturated carbocycles. The van der Waals surface area contributed by atoms with Crippen molar-refractivity contribution in [1.82, 2.24) is 15.1 Å². The van der Waals surface area contributed by atoms with Crippen molar-refractivity contribution in [3.63, 3.8) is 0 Å². The fourth-order valence-corrected chi connectivity index (χ4v) is 2.38.